The molecule has 7 heteroatoms. The van der Waals surface area contributed by atoms with Crippen LogP contribution in [0.1, 0.15) is 24.8 Å². The molecule has 4 N–H and O–H groups in total. The maximum Gasteiger partial charge on any atom is 0.322 e. The third kappa shape index (κ3) is 4.26. The average Bonchev–Trinajstić information content (AvgIpc) is 3.27. The van der Waals surface area contributed by atoms with Crippen LogP contribution in [-0.2, 0) is 0 Å². The zero-order valence-electron chi connectivity index (χ0n) is 11.8. The standard InChI is InChI=1S/C14H19ClN4O2/c1-9-2-3-10(8-12(9)15)17-14(20)19(11-4-5-11)7-6-13(16)18-21/h2-3,8,11,21H,4-7H2,1H3,(H2,16,18)(H,17,20). The van der Waals surface area contributed by atoms with E-state index in [1.807, 2.05) is 19.1 Å². The highest BCUT2D eigenvalue weighted by atomic mass is 35.5. The highest BCUT2D eigenvalue weighted by Gasteiger charge is 2.32. The summed E-state index contributed by atoms with van der Waals surface area (Å²) in [6.07, 6.45) is 2.31. The van der Waals surface area contributed by atoms with Gasteiger partial charge < -0.3 is 21.2 Å². The minimum Gasteiger partial charge on any atom is -0.409 e. The summed E-state index contributed by atoms with van der Waals surface area (Å²) in [5, 5.41) is 14.9. The Morgan fingerprint density at radius 3 is 2.86 bits per heavy atom. The van der Waals surface area contributed by atoms with Gasteiger partial charge in [-0.25, -0.2) is 4.79 Å². The number of benzene rings is 1. The number of anilines is 1. The quantitative estimate of drug-likeness (QED) is 0.338. The first kappa shape index (κ1) is 15.4. The molecule has 0 aliphatic heterocycles. The number of urea groups is 1. The van der Waals surface area contributed by atoms with Gasteiger partial charge in [0, 0.05) is 29.7 Å². The van der Waals surface area contributed by atoms with Gasteiger partial charge in [-0.2, -0.15) is 0 Å². The number of carbonyl (C=O) groups excluding carboxylic acids is 1. The van der Waals surface area contributed by atoms with Crippen LogP contribution in [0.2, 0.25) is 5.02 Å². The Morgan fingerprint density at radius 2 is 2.29 bits per heavy atom. The molecule has 0 saturated heterocycles. The lowest BCUT2D eigenvalue weighted by atomic mass is 10.2. The van der Waals surface area contributed by atoms with Crippen molar-refractivity contribution in [2.75, 3.05) is 11.9 Å². The molecule has 0 unspecified atom stereocenters. The van der Waals surface area contributed by atoms with E-state index < -0.39 is 0 Å². The minimum absolute atomic E-state index is 0.117. The van der Waals surface area contributed by atoms with E-state index in [0.29, 0.717) is 23.7 Å². The molecule has 1 aliphatic carbocycles. The number of nitrogens with zero attached hydrogens (tertiary/aromatic N) is 2. The van der Waals surface area contributed by atoms with E-state index in [9.17, 15) is 4.79 Å². The first-order valence-electron chi connectivity index (χ1n) is 6.81. The first-order valence-corrected chi connectivity index (χ1v) is 7.19. The summed E-state index contributed by atoms with van der Waals surface area (Å²) in [4.78, 5) is 14.0. The highest BCUT2D eigenvalue weighted by molar-refractivity contribution is 6.31. The topological polar surface area (TPSA) is 91.0 Å². The number of halogens is 1. The molecule has 0 bridgehead atoms. The molecular formula is C14H19ClN4O2. The molecule has 1 fully saturated rings. The van der Waals surface area contributed by atoms with Crippen LogP contribution >= 0.6 is 11.6 Å². The molecule has 2 rings (SSSR count). The largest absolute Gasteiger partial charge is 0.409 e. The van der Waals surface area contributed by atoms with Crippen LogP contribution in [0.4, 0.5) is 10.5 Å². The molecule has 1 aromatic rings. The van der Waals surface area contributed by atoms with Crippen LogP contribution in [0.5, 0.6) is 0 Å². The molecule has 0 aromatic heterocycles. The fourth-order valence-electron chi connectivity index (χ4n) is 1.99. The van der Waals surface area contributed by atoms with Gasteiger partial charge in [0.05, 0.1) is 0 Å². The number of oxime groups is 1. The van der Waals surface area contributed by atoms with Crippen molar-refractivity contribution in [1.29, 1.82) is 0 Å². The summed E-state index contributed by atoms with van der Waals surface area (Å²) in [5.74, 6) is 0.117. The summed E-state index contributed by atoms with van der Waals surface area (Å²) in [6, 6.07) is 5.44. The smallest absolute Gasteiger partial charge is 0.322 e. The van der Waals surface area contributed by atoms with E-state index in [-0.39, 0.29) is 17.9 Å². The molecule has 6 nitrogen and oxygen atoms in total. The molecule has 0 radical (unpaired) electrons. The van der Waals surface area contributed by atoms with Gasteiger partial charge in [0.15, 0.2) is 0 Å². The summed E-state index contributed by atoms with van der Waals surface area (Å²) in [7, 11) is 0. The summed E-state index contributed by atoms with van der Waals surface area (Å²) >= 11 is 6.05. The molecule has 0 atom stereocenters. The predicted octanol–water partition coefficient (Wildman–Crippen LogP) is 2.78. The Bertz CT molecular complexity index is 558. The van der Waals surface area contributed by atoms with Gasteiger partial charge in [-0.05, 0) is 37.5 Å². The second-order valence-corrected chi connectivity index (χ2v) is 5.57. The number of rotatable bonds is 5. The van der Waals surface area contributed by atoms with E-state index >= 15 is 0 Å². The predicted molar refractivity (Wildman–Crippen MR) is 83.0 cm³/mol. The van der Waals surface area contributed by atoms with E-state index in [1.165, 1.54) is 0 Å². The third-order valence-corrected chi connectivity index (χ3v) is 3.82. The molecule has 1 saturated carbocycles. The normalized spacial score (nSPS) is 14.9. The monoisotopic (exact) mass is 310 g/mol. The number of carbonyl (C=O) groups is 1. The van der Waals surface area contributed by atoms with Crippen LogP contribution in [0.15, 0.2) is 23.4 Å². The Kier molecular flexibility index (Phi) is 4.90. The Balaban J connectivity index is 1.99. The second-order valence-electron chi connectivity index (χ2n) is 5.16. The molecule has 1 aliphatic rings. The van der Waals surface area contributed by atoms with Crippen LogP contribution in [0.3, 0.4) is 0 Å². The Labute approximate surface area is 128 Å². The van der Waals surface area contributed by atoms with Gasteiger partial charge in [-0.3, -0.25) is 0 Å². The van der Waals surface area contributed by atoms with E-state index in [1.54, 1.807) is 11.0 Å². The maximum atomic E-state index is 12.3. The van der Waals surface area contributed by atoms with Crippen LogP contribution in [0, 0.1) is 6.92 Å². The summed E-state index contributed by atoms with van der Waals surface area (Å²) in [5.41, 5.74) is 7.07. The van der Waals surface area contributed by atoms with Gasteiger partial charge in [0.1, 0.15) is 5.84 Å². The van der Waals surface area contributed by atoms with Crippen molar-refractivity contribution in [3.8, 4) is 0 Å². The van der Waals surface area contributed by atoms with Crippen LogP contribution in [-0.4, -0.2) is 34.6 Å². The third-order valence-electron chi connectivity index (χ3n) is 3.41. The van der Waals surface area contributed by atoms with Crippen molar-refractivity contribution in [3.05, 3.63) is 28.8 Å². The molecule has 1 aromatic carbocycles. The molecule has 21 heavy (non-hydrogen) atoms. The van der Waals surface area contributed by atoms with Crippen molar-refractivity contribution in [2.24, 2.45) is 10.9 Å². The number of amides is 2. The summed E-state index contributed by atoms with van der Waals surface area (Å²) in [6.45, 7) is 2.33. The maximum absolute atomic E-state index is 12.3. The zero-order valence-corrected chi connectivity index (χ0v) is 12.6. The fraction of sp³-hybridized carbons (Fsp3) is 0.429. The molecule has 2 amide bonds. The van der Waals surface area contributed by atoms with Crippen molar-refractivity contribution >= 4 is 29.2 Å². The fourth-order valence-corrected chi connectivity index (χ4v) is 2.17. The van der Waals surface area contributed by atoms with E-state index in [2.05, 4.69) is 10.5 Å². The van der Waals surface area contributed by atoms with Crippen molar-refractivity contribution in [2.45, 2.75) is 32.2 Å². The zero-order chi connectivity index (χ0) is 15.4. The van der Waals surface area contributed by atoms with Gasteiger partial charge in [0.2, 0.25) is 0 Å². The van der Waals surface area contributed by atoms with Crippen molar-refractivity contribution < 1.29 is 10.0 Å². The lowest BCUT2D eigenvalue weighted by molar-refractivity contribution is 0.210. The lowest BCUT2D eigenvalue weighted by Crippen LogP contribution is -2.38. The number of hydrogen-bond donors (Lipinski definition) is 3. The molecule has 0 heterocycles. The first-order chi connectivity index (χ1) is 10.0. The van der Waals surface area contributed by atoms with Crippen molar-refractivity contribution in [3.63, 3.8) is 0 Å². The number of aryl methyl sites for hydroxylation is 1. The van der Waals surface area contributed by atoms with Crippen LogP contribution < -0.4 is 11.1 Å². The lowest BCUT2D eigenvalue weighted by Gasteiger charge is -2.22. The van der Waals surface area contributed by atoms with Gasteiger partial charge in [-0.15, -0.1) is 0 Å². The number of hydrogen-bond acceptors (Lipinski definition) is 3. The molecule has 0 spiro atoms. The van der Waals surface area contributed by atoms with E-state index in [0.717, 1.165) is 18.4 Å². The number of nitrogens with two attached hydrogens (primary N) is 1. The highest BCUT2D eigenvalue weighted by Crippen LogP contribution is 2.28. The number of amidine groups is 1. The van der Waals surface area contributed by atoms with Gasteiger partial charge in [-0.1, -0.05) is 22.8 Å². The van der Waals surface area contributed by atoms with Gasteiger partial charge >= 0.3 is 6.03 Å². The molecule has 114 valence electrons. The van der Waals surface area contributed by atoms with Gasteiger partial charge in [0.25, 0.3) is 0 Å². The second kappa shape index (κ2) is 6.67. The van der Waals surface area contributed by atoms with Crippen molar-refractivity contribution in [1.82, 2.24) is 4.90 Å². The average molecular weight is 311 g/mol. The minimum atomic E-state index is -0.192. The van der Waals surface area contributed by atoms with E-state index in [4.69, 9.17) is 22.5 Å². The Hall–Kier alpha value is -1.95. The Morgan fingerprint density at radius 1 is 1.57 bits per heavy atom. The van der Waals surface area contributed by atoms with Crippen LogP contribution in [0.25, 0.3) is 0 Å². The molecular weight excluding hydrogens is 292 g/mol. The number of nitrogens with one attached hydrogen (secondary N) is 1. The summed E-state index contributed by atoms with van der Waals surface area (Å²) < 4.78 is 0. The SMILES string of the molecule is Cc1ccc(NC(=O)N(CCC(N)=NO)C2CC2)cc1Cl.